The molecule has 3 aromatic carbocycles. The molecule has 0 N–H and O–H groups in total. The molecule has 0 unspecified atom stereocenters. The largest absolute Gasteiger partial charge is 0.337 e. The maximum absolute atomic E-state index is 13.6. The summed E-state index contributed by atoms with van der Waals surface area (Å²) in [7, 11) is 0. The van der Waals surface area contributed by atoms with Crippen molar-refractivity contribution in [3.63, 3.8) is 0 Å². The van der Waals surface area contributed by atoms with Crippen molar-refractivity contribution in [3.8, 4) is 5.69 Å². The lowest BCUT2D eigenvalue weighted by Crippen LogP contribution is -2.40. The molecule has 7 heteroatoms. The lowest BCUT2D eigenvalue weighted by molar-refractivity contribution is -0.131. The fourth-order valence-corrected chi connectivity index (χ4v) is 5.24. The number of hydrogen-bond donors (Lipinski definition) is 0. The third-order valence-corrected chi connectivity index (χ3v) is 7.09. The van der Waals surface area contributed by atoms with E-state index in [4.69, 9.17) is 0 Å². The second-order valence-electron chi connectivity index (χ2n) is 8.41. The van der Waals surface area contributed by atoms with Crippen LogP contribution in [0.15, 0.2) is 84.0 Å². The SMILES string of the molecule is C[C@H](Sc1nnc(Cc2ccccc2)n1-c1ccc(F)cc1)C(=O)N1CCc2ccccc2C1. The summed E-state index contributed by atoms with van der Waals surface area (Å²) in [6.07, 6.45) is 1.45. The van der Waals surface area contributed by atoms with Crippen molar-refractivity contribution in [1.29, 1.82) is 0 Å². The first kappa shape index (κ1) is 22.3. The third-order valence-electron chi connectivity index (χ3n) is 6.06. The van der Waals surface area contributed by atoms with Gasteiger partial charge in [0.05, 0.1) is 5.25 Å². The summed E-state index contributed by atoms with van der Waals surface area (Å²) < 4.78 is 15.5. The molecule has 1 atom stereocenters. The zero-order chi connectivity index (χ0) is 23.5. The highest BCUT2D eigenvalue weighted by Gasteiger charge is 2.27. The van der Waals surface area contributed by atoms with Crippen LogP contribution in [0.1, 0.15) is 29.4 Å². The van der Waals surface area contributed by atoms with Crippen molar-refractivity contribution in [2.75, 3.05) is 6.54 Å². The number of thioether (sulfide) groups is 1. The molecule has 5 rings (SSSR count). The number of hydrogen-bond acceptors (Lipinski definition) is 4. The van der Waals surface area contributed by atoms with E-state index in [1.54, 1.807) is 12.1 Å². The summed E-state index contributed by atoms with van der Waals surface area (Å²) in [5, 5.41) is 9.15. The van der Waals surface area contributed by atoms with Gasteiger partial charge in [0.15, 0.2) is 5.16 Å². The minimum atomic E-state index is -0.335. The van der Waals surface area contributed by atoms with Gasteiger partial charge in [-0.05, 0) is 54.3 Å². The van der Waals surface area contributed by atoms with Gasteiger partial charge in [0.1, 0.15) is 11.6 Å². The lowest BCUT2D eigenvalue weighted by Gasteiger charge is -2.30. The maximum atomic E-state index is 13.6. The summed E-state index contributed by atoms with van der Waals surface area (Å²) in [5.74, 6) is 0.522. The first-order valence-electron chi connectivity index (χ1n) is 11.3. The van der Waals surface area contributed by atoms with Gasteiger partial charge in [0.2, 0.25) is 5.91 Å². The first-order chi connectivity index (χ1) is 16.6. The molecule has 172 valence electrons. The monoisotopic (exact) mass is 472 g/mol. The normalized spacial score (nSPS) is 14.0. The fraction of sp³-hybridized carbons (Fsp3) is 0.222. The van der Waals surface area contributed by atoms with E-state index < -0.39 is 0 Å². The van der Waals surface area contributed by atoms with Gasteiger partial charge in [0.25, 0.3) is 0 Å². The molecule has 1 aliphatic heterocycles. The zero-order valence-electron chi connectivity index (χ0n) is 18.9. The van der Waals surface area contributed by atoms with Gasteiger partial charge < -0.3 is 4.90 Å². The van der Waals surface area contributed by atoms with Gasteiger partial charge in [-0.25, -0.2) is 4.39 Å². The van der Waals surface area contributed by atoms with Gasteiger partial charge in [-0.15, -0.1) is 10.2 Å². The van der Waals surface area contributed by atoms with E-state index >= 15 is 0 Å². The van der Waals surface area contributed by atoms with E-state index in [2.05, 4.69) is 22.3 Å². The average molecular weight is 473 g/mol. The predicted molar refractivity (Wildman–Crippen MR) is 131 cm³/mol. The molecule has 0 bridgehead atoms. The quantitative estimate of drug-likeness (QED) is 0.368. The van der Waals surface area contributed by atoms with Crippen LogP contribution in [0.5, 0.6) is 0 Å². The van der Waals surface area contributed by atoms with Gasteiger partial charge in [-0.3, -0.25) is 9.36 Å². The van der Waals surface area contributed by atoms with E-state index in [0.717, 1.165) is 23.5 Å². The minimum Gasteiger partial charge on any atom is -0.337 e. The molecule has 0 saturated heterocycles. The van der Waals surface area contributed by atoms with E-state index in [9.17, 15) is 9.18 Å². The molecular formula is C27H25FN4OS. The molecular weight excluding hydrogens is 447 g/mol. The topological polar surface area (TPSA) is 51.0 Å². The second-order valence-corrected chi connectivity index (χ2v) is 9.72. The van der Waals surface area contributed by atoms with Crippen LogP contribution < -0.4 is 0 Å². The van der Waals surface area contributed by atoms with Gasteiger partial charge >= 0.3 is 0 Å². The Labute approximate surface area is 202 Å². The van der Waals surface area contributed by atoms with Crippen molar-refractivity contribution in [1.82, 2.24) is 19.7 Å². The third kappa shape index (κ3) is 4.75. The summed E-state index contributed by atoms with van der Waals surface area (Å²) in [4.78, 5) is 15.2. The molecule has 5 nitrogen and oxygen atoms in total. The van der Waals surface area contributed by atoms with E-state index in [1.807, 2.05) is 58.9 Å². The molecule has 0 radical (unpaired) electrons. The Morgan fingerprint density at radius 2 is 1.68 bits per heavy atom. The van der Waals surface area contributed by atoms with E-state index in [-0.39, 0.29) is 17.0 Å². The van der Waals surface area contributed by atoms with Crippen molar-refractivity contribution >= 4 is 17.7 Å². The summed E-state index contributed by atoms with van der Waals surface area (Å²) in [6, 6.07) is 24.6. The van der Waals surface area contributed by atoms with Crippen LogP contribution in [-0.2, 0) is 24.2 Å². The number of amides is 1. The average Bonchev–Trinajstić information content (AvgIpc) is 3.26. The number of nitrogens with zero attached hydrogens (tertiary/aromatic N) is 4. The summed E-state index contributed by atoms with van der Waals surface area (Å²) in [6.45, 7) is 3.25. The van der Waals surface area contributed by atoms with Crippen LogP contribution in [-0.4, -0.2) is 37.4 Å². The molecule has 0 saturated carbocycles. The highest BCUT2D eigenvalue weighted by atomic mass is 32.2. The fourth-order valence-electron chi connectivity index (χ4n) is 4.27. The van der Waals surface area contributed by atoms with Gasteiger partial charge in [0, 0.05) is 25.2 Å². The number of halogens is 1. The van der Waals surface area contributed by atoms with Gasteiger partial charge in [-0.1, -0.05) is 66.4 Å². The van der Waals surface area contributed by atoms with Crippen molar-refractivity contribution in [3.05, 3.63) is 107 Å². The summed E-state index contributed by atoms with van der Waals surface area (Å²) in [5.41, 5.74) is 4.39. The highest BCUT2D eigenvalue weighted by Crippen LogP contribution is 2.29. The number of carbonyl (C=O) groups is 1. The maximum Gasteiger partial charge on any atom is 0.236 e. The molecule has 4 aromatic rings. The molecule has 0 aliphatic carbocycles. The molecule has 1 amide bonds. The summed E-state index contributed by atoms with van der Waals surface area (Å²) >= 11 is 1.39. The Balaban J connectivity index is 1.39. The minimum absolute atomic E-state index is 0.0813. The van der Waals surface area contributed by atoms with Crippen LogP contribution in [0.4, 0.5) is 4.39 Å². The van der Waals surface area contributed by atoms with E-state index in [1.165, 1.54) is 35.0 Å². The van der Waals surface area contributed by atoms with Crippen molar-refractivity contribution < 1.29 is 9.18 Å². The second kappa shape index (κ2) is 9.81. The van der Waals surface area contributed by atoms with Crippen molar-refractivity contribution in [2.45, 2.75) is 36.7 Å². The number of aromatic nitrogens is 3. The van der Waals surface area contributed by atoms with Crippen LogP contribution in [0, 0.1) is 5.82 Å². The lowest BCUT2D eigenvalue weighted by atomic mass is 10.00. The van der Waals surface area contributed by atoms with Crippen LogP contribution >= 0.6 is 11.8 Å². The zero-order valence-corrected chi connectivity index (χ0v) is 19.7. The van der Waals surface area contributed by atoms with Crippen LogP contribution in [0.3, 0.4) is 0 Å². The molecule has 1 aliphatic rings. The Hall–Kier alpha value is -3.45. The first-order valence-corrected chi connectivity index (χ1v) is 12.2. The number of rotatable bonds is 6. The van der Waals surface area contributed by atoms with Crippen LogP contribution in [0.2, 0.25) is 0 Å². The molecule has 1 aromatic heterocycles. The molecule has 34 heavy (non-hydrogen) atoms. The Morgan fingerprint density at radius 3 is 2.44 bits per heavy atom. The molecule has 0 fully saturated rings. The molecule has 0 spiro atoms. The molecule has 2 heterocycles. The number of fused-ring (bicyclic) bond motifs is 1. The predicted octanol–water partition coefficient (Wildman–Crippen LogP) is 5.06. The Kier molecular flexibility index (Phi) is 6.45. The van der Waals surface area contributed by atoms with Gasteiger partial charge in [-0.2, -0.15) is 0 Å². The standard InChI is InChI=1S/C27H25FN4OS/c1-19(26(33)31-16-15-21-9-5-6-10-22(21)18-31)34-27-30-29-25(17-20-7-3-2-4-8-20)32(27)24-13-11-23(28)12-14-24/h2-14,19H,15-18H2,1H3/t19-/m0/s1. The number of benzene rings is 3. The smallest absolute Gasteiger partial charge is 0.236 e. The Bertz CT molecular complexity index is 1290. The van der Waals surface area contributed by atoms with E-state index in [0.29, 0.717) is 24.7 Å². The Morgan fingerprint density at radius 1 is 0.971 bits per heavy atom. The number of carbonyl (C=O) groups excluding carboxylic acids is 1. The highest BCUT2D eigenvalue weighted by molar-refractivity contribution is 8.00. The van der Waals surface area contributed by atoms with Crippen molar-refractivity contribution in [2.24, 2.45) is 0 Å². The van der Waals surface area contributed by atoms with Crippen LogP contribution in [0.25, 0.3) is 5.69 Å².